The summed E-state index contributed by atoms with van der Waals surface area (Å²) in [6.45, 7) is 0.0816. The van der Waals surface area contributed by atoms with Gasteiger partial charge in [-0.15, -0.1) is 0 Å². The van der Waals surface area contributed by atoms with Crippen LogP contribution >= 0.6 is 0 Å². The minimum atomic E-state index is -0.890. The van der Waals surface area contributed by atoms with E-state index in [4.69, 9.17) is 10.5 Å². The number of alkyl carbamates (subject to hydrolysis) is 1. The van der Waals surface area contributed by atoms with Crippen LogP contribution in [0.25, 0.3) is 0 Å². The van der Waals surface area contributed by atoms with Crippen molar-refractivity contribution < 1.29 is 19.1 Å². The van der Waals surface area contributed by atoms with E-state index in [0.29, 0.717) is 0 Å². The molecule has 0 heterocycles. The summed E-state index contributed by atoms with van der Waals surface area (Å²) in [5.74, 6) is -0.603. The third-order valence-electron chi connectivity index (χ3n) is 2.23. The highest BCUT2D eigenvalue weighted by atomic mass is 16.6. The molecule has 1 aromatic carbocycles. The summed E-state index contributed by atoms with van der Waals surface area (Å²) in [5.41, 5.74) is 6.19. The summed E-state index contributed by atoms with van der Waals surface area (Å²) in [4.78, 5) is 22.6. The van der Waals surface area contributed by atoms with E-state index in [2.05, 4.69) is 10.1 Å². The molecule has 0 saturated carbocycles. The van der Waals surface area contributed by atoms with Gasteiger partial charge in [0.05, 0.1) is 7.11 Å². The van der Waals surface area contributed by atoms with Crippen LogP contribution < -0.4 is 11.1 Å². The van der Waals surface area contributed by atoms with Crippen molar-refractivity contribution in [2.75, 3.05) is 13.7 Å². The number of hydrogen-bond acceptors (Lipinski definition) is 5. The summed E-state index contributed by atoms with van der Waals surface area (Å²) in [6.07, 6.45) is -0.709. The van der Waals surface area contributed by atoms with Gasteiger partial charge in [0.15, 0.2) is 0 Å². The number of hydrogen-bond donors (Lipinski definition) is 2. The molecule has 0 bridgehead atoms. The summed E-state index contributed by atoms with van der Waals surface area (Å²) in [7, 11) is 1.22. The predicted octanol–water partition coefficient (Wildman–Crippen LogP) is 0.413. The Kier molecular flexibility index (Phi) is 5.66. The maximum Gasteiger partial charge on any atom is 0.408 e. The molecule has 0 radical (unpaired) electrons. The summed E-state index contributed by atoms with van der Waals surface area (Å²) < 4.78 is 9.42. The maximum absolute atomic E-state index is 11.4. The average molecular weight is 252 g/mol. The lowest BCUT2D eigenvalue weighted by molar-refractivity contribution is -0.142. The number of rotatable bonds is 5. The van der Waals surface area contributed by atoms with Crippen molar-refractivity contribution in [3.05, 3.63) is 35.9 Å². The molecule has 1 unspecified atom stereocenters. The van der Waals surface area contributed by atoms with Gasteiger partial charge in [-0.1, -0.05) is 30.3 Å². The number of methoxy groups -OCH3 is 1. The number of esters is 1. The van der Waals surface area contributed by atoms with E-state index in [0.717, 1.165) is 5.56 Å². The topological polar surface area (TPSA) is 90.6 Å². The van der Waals surface area contributed by atoms with Crippen LogP contribution in [0.2, 0.25) is 0 Å². The van der Waals surface area contributed by atoms with Crippen molar-refractivity contribution in [2.45, 2.75) is 12.6 Å². The first-order valence-corrected chi connectivity index (χ1v) is 5.42. The summed E-state index contributed by atoms with van der Waals surface area (Å²) >= 11 is 0. The van der Waals surface area contributed by atoms with Crippen molar-refractivity contribution in [3.8, 4) is 0 Å². The molecule has 0 aliphatic carbocycles. The van der Waals surface area contributed by atoms with Crippen LogP contribution in [0.4, 0.5) is 4.79 Å². The van der Waals surface area contributed by atoms with Gasteiger partial charge >= 0.3 is 12.1 Å². The number of nitrogens with one attached hydrogen (secondary N) is 1. The third kappa shape index (κ3) is 4.42. The van der Waals surface area contributed by atoms with E-state index in [1.54, 1.807) is 0 Å². The van der Waals surface area contributed by atoms with Gasteiger partial charge in [-0.05, 0) is 5.56 Å². The molecule has 1 rings (SSSR count). The average Bonchev–Trinajstić information content (AvgIpc) is 2.42. The van der Waals surface area contributed by atoms with Crippen LogP contribution in [0.15, 0.2) is 30.3 Å². The van der Waals surface area contributed by atoms with Crippen LogP contribution in [0.3, 0.4) is 0 Å². The Labute approximate surface area is 105 Å². The highest BCUT2D eigenvalue weighted by Gasteiger charge is 2.20. The normalized spacial score (nSPS) is 11.4. The molecular formula is C12H16N2O4. The standard InChI is InChI=1S/C12H16N2O4/c1-17-11(15)10(7-13)14-12(16)18-8-9-5-3-2-4-6-9/h2-6,10H,7-8,13H2,1H3,(H,14,16). The van der Waals surface area contributed by atoms with Gasteiger partial charge in [0, 0.05) is 6.54 Å². The van der Waals surface area contributed by atoms with Crippen LogP contribution in [0, 0.1) is 0 Å². The van der Waals surface area contributed by atoms with E-state index in [1.807, 2.05) is 30.3 Å². The number of carbonyl (C=O) groups excluding carboxylic acids is 2. The second-order valence-corrected chi connectivity index (χ2v) is 3.52. The molecule has 1 amide bonds. The van der Waals surface area contributed by atoms with Gasteiger partial charge in [0.2, 0.25) is 0 Å². The zero-order chi connectivity index (χ0) is 13.4. The largest absolute Gasteiger partial charge is 0.467 e. The molecule has 0 fully saturated rings. The van der Waals surface area contributed by atoms with E-state index in [-0.39, 0.29) is 13.2 Å². The predicted molar refractivity (Wildman–Crippen MR) is 64.6 cm³/mol. The van der Waals surface area contributed by atoms with Gasteiger partial charge < -0.3 is 20.5 Å². The molecule has 18 heavy (non-hydrogen) atoms. The number of amides is 1. The zero-order valence-corrected chi connectivity index (χ0v) is 10.1. The molecule has 0 saturated heterocycles. The van der Waals surface area contributed by atoms with Crippen LogP contribution in [0.1, 0.15) is 5.56 Å². The first-order chi connectivity index (χ1) is 8.67. The molecular weight excluding hydrogens is 236 g/mol. The van der Waals surface area contributed by atoms with Gasteiger partial charge in [0.1, 0.15) is 12.6 Å². The lowest BCUT2D eigenvalue weighted by Crippen LogP contribution is -2.46. The Morgan fingerprint density at radius 1 is 1.33 bits per heavy atom. The molecule has 0 aliphatic heterocycles. The van der Waals surface area contributed by atoms with Crippen molar-refractivity contribution in [2.24, 2.45) is 5.73 Å². The van der Waals surface area contributed by atoms with Crippen molar-refractivity contribution in [1.82, 2.24) is 5.32 Å². The van der Waals surface area contributed by atoms with Crippen molar-refractivity contribution >= 4 is 12.1 Å². The smallest absolute Gasteiger partial charge is 0.408 e. The quantitative estimate of drug-likeness (QED) is 0.741. The summed E-state index contributed by atoms with van der Waals surface area (Å²) in [5, 5.41) is 2.33. The number of nitrogens with two attached hydrogens (primary N) is 1. The maximum atomic E-state index is 11.4. The van der Waals surface area contributed by atoms with Gasteiger partial charge in [0.25, 0.3) is 0 Å². The molecule has 3 N–H and O–H groups in total. The highest BCUT2D eigenvalue weighted by molar-refractivity contribution is 5.81. The molecule has 0 aliphatic rings. The minimum absolute atomic E-state index is 0.0485. The second-order valence-electron chi connectivity index (χ2n) is 3.52. The fourth-order valence-electron chi connectivity index (χ4n) is 1.26. The van der Waals surface area contributed by atoms with Crippen molar-refractivity contribution in [3.63, 3.8) is 0 Å². The first-order valence-electron chi connectivity index (χ1n) is 5.42. The molecule has 1 atom stereocenters. The van der Waals surface area contributed by atoms with Gasteiger partial charge in [-0.3, -0.25) is 0 Å². The molecule has 98 valence electrons. The van der Waals surface area contributed by atoms with E-state index in [9.17, 15) is 9.59 Å². The number of ether oxygens (including phenoxy) is 2. The molecule has 6 nitrogen and oxygen atoms in total. The number of carbonyl (C=O) groups is 2. The Morgan fingerprint density at radius 3 is 2.56 bits per heavy atom. The molecule has 0 aromatic heterocycles. The molecule has 0 spiro atoms. The monoisotopic (exact) mass is 252 g/mol. The van der Waals surface area contributed by atoms with Gasteiger partial charge in [-0.25, -0.2) is 9.59 Å². The van der Waals surface area contributed by atoms with Crippen LogP contribution in [0.5, 0.6) is 0 Å². The summed E-state index contributed by atoms with van der Waals surface area (Å²) in [6, 6.07) is 8.31. The zero-order valence-electron chi connectivity index (χ0n) is 10.1. The minimum Gasteiger partial charge on any atom is -0.467 e. The Hall–Kier alpha value is -2.08. The fourth-order valence-corrected chi connectivity index (χ4v) is 1.26. The lowest BCUT2D eigenvalue weighted by Gasteiger charge is -2.14. The van der Waals surface area contributed by atoms with Gasteiger partial charge in [-0.2, -0.15) is 0 Å². The van der Waals surface area contributed by atoms with E-state index < -0.39 is 18.1 Å². The lowest BCUT2D eigenvalue weighted by atomic mass is 10.2. The Morgan fingerprint density at radius 2 is 2.00 bits per heavy atom. The van der Waals surface area contributed by atoms with Crippen molar-refractivity contribution in [1.29, 1.82) is 0 Å². The fraction of sp³-hybridized carbons (Fsp3) is 0.333. The van der Waals surface area contributed by atoms with Crippen LogP contribution in [-0.4, -0.2) is 31.8 Å². The van der Waals surface area contributed by atoms with E-state index in [1.165, 1.54) is 7.11 Å². The van der Waals surface area contributed by atoms with Crippen LogP contribution in [-0.2, 0) is 20.9 Å². The third-order valence-corrected chi connectivity index (χ3v) is 2.23. The highest BCUT2D eigenvalue weighted by Crippen LogP contribution is 2.00. The second kappa shape index (κ2) is 7.29. The SMILES string of the molecule is COC(=O)C(CN)NC(=O)OCc1ccccc1. The first kappa shape index (κ1) is 14.0. The number of benzene rings is 1. The molecule has 6 heteroatoms. The van der Waals surface area contributed by atoms with E-state index >= 15 is 0 Å². The molecule has 1 aromatic rings. The Balaban J connectivity index is 2.39. The Bertz CT molecular complexity index is 394.